The molecule has 1 heterocycles. The zero-order valence-electron chi connectivity index (χ0n) is 5.05. The second kappa shape index (κ2) is 2.80. The molecule has 1 atom stereocenters. The molecule has 1 fully saturated rings. The molecule has 4 nitrogen and oxygen atoms in total. The summed E-state index contributed by atoms with van der Waals surface area (Å²) in [4.78, 5) is 10.7. The van der Waals surface area contributed by atoms with Crippen LogP contribution in [-0.2, 0) is 4.79 Å². The molecule has 1 saturated heterocycles. The van der Waals surface area contributed by atoms with Crippen LogP contribution >= 0.6 is 0 Å². The molecule has 1 amide bonds. The molecule has 3 N–H and O–H groups in total. The normalized spacial score (nSPS) is 27.7. The van der Waals surface area contributed by atoms with Crippen molar-refractivity contribution >= 4 is 5.91 Å². The lowest BCUT2D eigenvalue weighted by atomic mass is 10.2. The van der Waals surface area contributed by atoms with Gasteiger partial charge in [-0.1, -0.05) is 0 Å². The third kappa shape index (κ3) is 1.40. The van der Waals surface area contributed by atoms with Gasteiger partial charge in [-0.3, -0.25) is 4.79 Å². The Kier molecular flexibility index (Phi) is 2.02. The number of hydrogen-bond donors (Lipinski definition) is 3. The minimum absolute atomic E-state index is 0.108. The largest absolute Gasteiger partial charge is 0.394 e. The smallest absolute Gasteiger partial charge is 0.239 e. The van der Waals surface area contributed by atoms with E-state index in [-0.39, 0.29) is 12.5 Å². The molecule has 0 saturated carbocycles. The molecule has 52 valence electrons. The first kappa shape index (κ1) is 6.51. The first-order chi connectivity index (χ1) is 4.34. The summed E-state index contributed by atoms with van der Waals surface area (Å²) in [5.41, 5.74) is 0. The van der Waals surface area contributed by atoms with Gasteiger partial charge < -0.3 is 15.7 Å². The molecule has 0 unspecified atom stereocenters. The van der Waals surface area contributed by atoms with Crippen LogP contribution in [0.25, 0.3) is 0 Å². The second-order valence-electron chi connectivity index (χ2n) is 1.98. The SMILES string of the molecule is O=C1NCCN[C@H]1CO. The molecule has 0 aliphatic carbocycles. The van der Waals surface area contributed by atoms with E-state index < -0.39 is 6.04 Å². The fraction of sp³-hybridized carbons (Fsp3) is 0.800. The predicted molar refractivity (Wildman–Crippen MR) is 31.9 cm³/mol. The molecule has 1 aliphatic heterocycles. The predicted octanol–water partition coefficient (Wildman–Crippen LogP) is -1.93. The van der Waals surface area contributed by atoms with Gasteiger partial charge in [-0.05, 0) is 0 Å². The van der Waals surface area contributed by atoms with Crippen molar-refractivity contribution in [2.24, 2.45) is 0 Å². The van der Waals surface area contributed by atoms with Crippen LogP contribution in [0.1, 0.15) is 0 Å². The van der Waals surface area contributed by atoms with Gasteiger partial charge in [0, 0.05) is 13.1 Å². The van der Waals surface area contributed by atoms with Gasteiger partial charge in [0.25, 0.3) is 0 Å². The topological polar surface area (TPSA) is 61.4 Å². The summed E-state index contributed by atoms with van der Waals surface area (Å²) in [5.74, 6) is -0.108. The maximum Gasteiger partial charge on any atom is 0.239 e. The van der Waals surface area contributed by atoms with Gasteiger partial charge in [0.15, 0.2) is 0 Å². The van der Waals surface area contributed by atoms with Crippen molar-refractivity contribution in [2.75, 3.05) is 19.7 Å². The van der Waals surface area contributed by atoms with E-state index in [0.29, 0.717) is 6.54 Å². The van der Waals surface area contributed by atoms with Crippen molar-refractivity contribution in [1.29, 1.82) is 0 Å². The molecule has 0 radical (unpaired) electrons. The molecule has 9 heavy (non-hydrogen) atoms. The third-order valence-corrected chi connectivity index (χ3v) is 1.31. The number of amides is 1. The zero-order valence-corrected chi connectivity index (χ0v) is 5.05. The van der Waals surface area contributed by atoms with Crippen LogP contribution in [0.2, 0.25) is 0 Å². The van der Waals surface area contributed by atoms with E-state index in [1.54, 1.807) is 0 Å². The number of carbonyl (C=O) groups excluding carboxylic acids is 1. The van der Waals surface area contributed by atoms with Gasteiger partial charge in [-0.25, -0.2) is 0 Å². The highest BCUT2D eigenvalue weighted by Gasteiger charge is 2.19. The van der Waals surface area contributed by atoms with E-state index >= 15 is 0 Å². The molecular weight excluding hydrogens is 120 g/mol. The second-order valence-corrected chi connectivity index (χ2v) is 1.98. The molecular formula is C5H10N2O2. The fourth-order valence-electron chi connectivity index (χ4n) is 0.795. The molecule has 0 aromatic carbocycles. The summed E-state index contributed by atoms with van der Waals surface area (Å²) in [5, 5.41) is 14.0. The lowest BCUT2D eigenvalue weighted by Gasteiger charge is -2.20. The number of aliphatic hydroxyl groups is 1. The molecule has 0 aromatic rings. The van der Waals surface area contributed by atoms with Gasteiger partial charge in [0.2, 0.25) is 5.91 Å². The Labute approximate surface area is 53.2 Å². The maximum atomic E-state index is 10.7. The van der Waals surface area contributed by atoms with Crippen molar-refractivity contribution in [3.05, 3.63) is 0 Å². The minimum Gasteiger partial charge on any atom is -0.394 e. The summed E-state index contributed by atoms with van der Waals surface area (Å²) in [7, 11) is 0. The molecule has 0 spiro atoms. The highest BCUT2D eigenvalue weighted by atomic mass is 16.3. The Balaban J connectivity index is 2.39. The molecule has 1 rings (SSSR count). The van der Waals surface area contributed by atoms with Crippen LogP contribution in [0.4, 0.5) is 0 Å². The van der Waals surface area contributed by atoms with Gasteiger partial charge in [-0.2, -0.15) is 0 Å². The van der Waals surface area contributed by atoms with E-state index in [2.05, 4.69) is 10.6 Å². The summed E-state index contributed by atoms with van der Waals surface area (Å²) in [6.07, 6.45) is 0. The number of hydrogen-bond acceptors (Lipinski definition) is 3. The van der Waals surface area contributed by atoms with Crippen LogP contribution in [0.15, 0.2) is 0 Å². The van der Waals surface area contributed by atoms with Crippen LogP contribution in [0, 0.1) is 0 Å². The first-order valence-electron chi connectivity index (χ1n) is 2.96. The molecule has 1 aliphatic rings. The highest BCUT2D eigenvalue weighted by Crippen LogP contribution is 1.85. The van der Waals surface area contributed by atoms with Crippen LogP contribution in [-0.4, -0.2) is 36.8 Å². The Morgan fingerprint density at radius 3 is 2.89 bits per heavy atom. The quantitative estimate of drug-likeness (QED) is 0.387. The number of rotatable bonds is 1. The molecule has 4 heteroatoms. The zero-order chi connectivity index (χ0) is 6.69. The van der Waals surface area contributed by atoms with E-state index in [4.69, 9.17) is 5.11 Å². The lowest BCUT2D eigenvalue weighted by molar-refractivity contribution is -0.125. The lowest BCUT2D eigenvalue weighted by Crippen LogP contribution is -2.54. The number of nitrogens with one attached hydrogen (secondary N) is 2. The van der Waals surface area contributed by atoms with Crippen molar-refractivity contribution in [1.82, 2.24) is 10.6 Å². The molecule has 0 bridgehead atoms. The third-order valence-electron chi connectivity index (χ3n) is 1.31. The average molecular weight is 130 g/mol. The Morgan fingerprint density at radius 1 is 1.67 bits per heavy atom. The van der Waals surface area contributed by atoms with Gasteiger partial charge in [-0.15, -0.1) is 0 Å². The number of aliphatic hydroxyl groups excluding tert-OH is 1. The Hall–Kier alpha value is -0.610. The van der Waals surface area contributed by atoms with E-state index in [1.807, 2.05) is 0 Å². The standard InChI is InChI=1S/C5H10N2O2/c8-3-4-5(9)7-2-1-6-4/h4,6,8H,1-3H2,(H,7,9)/t4-/m0/s1. The van der Waals surface area contributed by atoms with Crippen molar-refractivity contribution in [3.8, 4) is 0 Å². The van der Waals surface area contributed by atoms with Gasteiger partial charge >= 0.3 is 0 Å². The van der Waals surface area contributed by atoms with E-state index in [1.165, 1.54) is 0 Å². The summed E-state index contributed by atoms with van der Waals surface area (Å²) >= 11 is 0. The number of carbonyl (C=O) groups is 1. The van der Waals surface area contributed by atoms with Crippen LogP contribution in [0.3, 0.4) is 0 Å². The Bertz CT molecular complexity index is 116. The fourth-order valence-corrected chi connectivity index (χ4v) is 0.795. The molecule has 0 aromatic heterocycles. The van der Waals surface area contributed by atoms with Gasteiger partial charge in [0.1, 0.15) is 6.04 Å². The van der Waals surface area contributed by atoms with Crippen LogP contribution in [0.5, 0.6) is 0 Å². The average Bonchev–Trinajstić information content (AvgIpc) is 1.89. The van der Waals surface area contributed by atoms with E-state index in [0.717, 1.165) is 6.54 Å². The number of piperazine rings is 1. The van der Waals surface area contributed by atoms with Crippen molar-refractivity contribution in [2.45, 2.75) is 6.04 Å². The van der Waals surface area contributed by atoms with E-state index in [9.17, 15) is 4.79 Å². The summed E-state index contributed by atoms with van der Waals surface area (Å²) in [6.45, 7) is 1.29. The summed E-state index contributed by atoms with van der Waals surface area (Å²) < 4.78 is 0. The van der Waals surface area contributed by atoms with Gasteiger partial charge in [0.05, 0.1) is 6.61 Å². The maximum absolute atomic E-state index is 10.7. The Morgan fingerprint density at radius 2 is 2.44 bits per heavy atom. The minimum atomic E-state index is -0.390. The highest BCUT2D eigenvalue weighted by molar-refractivity contribution is 5.82. The van der Waals surface area contributed by atoms with Crippen LogP contribution < -0.4 is 10.6 Å². The van der Waals surface area contributed by atoms with Crippen molar-refractivity contribution < 1.29 is 9.90 Å². The van der Waals surface area contributed by atoms with Crippen molar-refractivity contribution in [3.63, 3.8) is 0 Å². The summed E-state index contributed by atoms with van der Waals surface area (Å²) in [6, 6.07) is -0.390. The first-order valence-corrected chi connectivity index (χ1v) is 2.96. The monoisotopic (exact) mass is 130 g/mol.